The predicted molar refractivity (Wildman–Crippen MR) is 78.5 cm³/mol. The monoisotopic (exact) mass is 338 g/mol. The van der Waals surface area contributed by atoms with Gasteiger partial charge in [-0.25, -0.2) is 8.78 Å². The van der Waals surface area contributed by atoms with Crippen molar-refractivity contribution in [2.45, 2.75) is 12.6 Å². The molecular weight excluding hydrogens is 322 g/mol. The number of amides is 2. The van der Waals surface area contributed by atoms with Gasteiger partial charge in [0, 0.05) is 19.3 Å². The van der Waals surface area contributed by atoms with Gasteiger partial charge in [0.25, 0.3) is 11.8 Å². The fraction of sp³-hybridized carbons (Fsp3) is 0.429. The van der Waals surface area contributed by atoms with Crippen molar-refractivity contribution in [2.75, 3.05) is 26.2 Å². The molecule has 1 fully saturated rings. The Kier molecular flexibility index (Phi) is 4.04. The summed E-state index contributed by atoms with van der Waals surface area (Å²) in [7, 11) is 0. The summed E-state index contributed by atoms with van der Waals surface area (Å²) >= 11 is 0. The number of alkyl halides is 1. The van der Waals surface area contributed by atoms with Gasteiger partial charge in [-0.2, -0.15) is 10.2 Å². The number of aromatic nitrogens is 4. The van der Waals surface area contributed by atoms with Gasteiger partial charge in [-0.05, 0) is 6.92 Å². The number of carbonyl (C=O) groups excluding carboxylic acids is 2. The molecule has 1 aliphatic heterocycles. The highest BCUT2D eigenvalue weighted by molar-refractivity contribution is 5.94. The van der Waals surface area contributed by atoms with Crippen molar-refractivity contribution in [3.63, 3.8) is 0 Å². The molecule has 0 aliphatic carbocycles. The van der Waals surface area contributed by atoms with Gasteiger partial charge >= 0.3 is 0 Å². The Bertz CT molecular complexity index is 742. The fourth-order valence-electron chi connectivity index (χ4n) is 2.72. The molecule has 1 aliphatic rings. The number of nitrogens with zero attached hydrogens (tertiary/aromatic N) is 4. The normalized spacial score (nSPS) is 21.6. The van der Waals surface area contributed by atoms with Crippen LogP contribution in [0.5, 0.6) is 0 Å². The highest BCUT2D eigenvalue weighted by Crippen LogP contribution is 2.21. The van der Waals surface area contributed by atoms with Crippen LogP contribution in [0.1, 0.15) is 27.8 Å². The minimum Gasteiger partial charge on any atom is -0.334 e. The van der Waals surface area contributed by atoms with Gasteiger partial charge in [-0.3, -0.25) is 19.8 Å². The molecule has 2 amide bonds. The molecule has 10 heteroatoms. The van der Waals surface area contributed by atoms with Crippen LogP contribution in [0.4, 0.5) is 8.78 Å². The second kappa shape index (κ2) is 6.02. The molecule has 3 rings (SSSR count). The standard InChI is InChI=1S/C14H16F2N6O2/c1-14(16)7-21(12(23)9-4-17-18-5-9)2-3-22(8-14)13(24)11-10(15)6-19-20-11/h4-6H,2-3,7-8H2,1H3,(H,17,18)(H,19,20). The van der Waals surface area contributed by atoms with Crippen LogP contribution in [0.25, 0.3) is 0 Å². The SMILES string of the molecule is CC1(F)CN(C(=O)c2cn[nH]c2)CCN(C(=O)c2[nH]ncc2F)C1. The first-order valence-corrected chi connectivity index (χ1v) is 7.32. The zero-order valence-electron chi connectivity index (χ0n) is 12.9. The zero-order valence-corrected chi connectivity index (χ0v) is 12.9. The average molecular weight is 338 g/mol. The van der Waals surface area contributed by atoms with E-state index >= 15 is 0 Å². The Balaban J connectivity index is 1.79. The summed E-state index contributed by atoms with van der Waals surface area (Å²) in [6, 6.07) is 0. The van der Waals surface area contributed by atoms with Gasteiger partial charge < -0.3 is 9.80 Å². The van der Waals surface area contributed by atoms with Gasteiger partial charge in [-0.15, -0.1) is 0 Å². The van der Waals surface area contributed by atoms with E-state index in [2.05, 4.69) is 20.4 Å². The van der Waals surface area contributed by atoms with E-state index in [0.717, 1.165) is 6.20 Å². The third-order valence-electron chi connectivity index (χ3n) is 3.81. The van der Waals surface area contributed by atoms with Crippen LogP contribution >= 0.6 is 0 Å². The maximum absolute atomic E-state index is 14.8. The van der Waals surface area contributed by atoms with Gasteiger partial charge in [-0.1, -0.05) is 0 Å². The summed E-state index contributed by atoms with van der Waals surface area (Å²) in [4.78, 5) is 27.2. The molecule has 1 unspecified atom stereocenters. The molecule has 0 radical (unpaired) electrons. The lowest BCUT2D eigenvalue weighted by Gasteiger charge is -2.27. The second-order valence-corrected chi connectivity index (χ2v) is 5.95. The lowest BCUT2D eigenvalue weighted by atomic mass is 10.1. The van der Waals surface area contributed by atoms with E-state index in [0.29, 0.717) is 5.56 Å². The first-order valence-electron chi connectivity index (χ1n) is 7.32. The van der Waals surface area contributed by atoms with Gasteiger partial charge in [0.1, 0.15) is 5.67 Å². The van der Waals surface area contributed by atoms with Crippen LogP contribution in [0.2, 0.25) is 0 Å². The number of halogens is 2. The number of aromatic amines is 2. The molecule has 0 aromatic carbocycles. The summed E-state index contributed by atoms with van der Waals surface area (Å²) in [5, 5.41) is 12.0. The molecule has 2 aromatic rings. The quantitative estimate of drug-likeness (QED) is 0.838. The maximum Gasteiger partial charge on any atom is 0.275 e. The van der Waals surface area contributed by atoms with E-state index in [1.165, 1.54) is 29.1 Å². The number of hydrogen-bond acceptors (Lipinski definition) is 4. The number of nitrogens with one attached hydrogen (secondary N) is 2. The Labute approximate surface area is 135 Å². The van der Waals surface area contributed by atoms with Gasteiger partial charge in [0.15, 0.2) is 11.5 Å². The van der Waals surface area contributed by atoms with Crippen molar-refractivity contribution in [3.05, 3.63) is 35.7 Å². The van der Waals surface area contributed by atoms with Crippen LogP contribution in [-0.4, -0.2) is 73.9 Å². The number of carbonyl (C=O) groups is 2. The molecule has 2 N–H and O–H groups in total. The molecule has 2 aromatic heterocycles. The van der Waals surface area contributed by atoms with E-state index in [9.17, 15) is 18.4 Å². The second-order valence-electron chi connectivity index (χ2n) is 5.95. The van der Waals surface area contributed by atoms with E-state index in [1.54, 1.807) is 0 Å². The first kappa shape index (κ1) is 16.1. The highest BCUT2D eigenvalue weighted by Gasteiger charge is 2.37. The van der Waals surface area contributed by atoms with Crippen molar-refractivity contribution in [3.8, 4) is 0 Å². The molecule has 0 spiro atoms. The first-order chi connectivity index (χ1) is 11.4. The van der Waals surface area contributed by atoms with Crippen LogP contribution < -0.4 is 0 Å². The number of rotatable bonds is 2. The summed E-state index contributed by atoms with van der Waals surface area (Å²) in [6.07, 6.45) is 3.66. The van der Waals surface area contributed by atoms with Crippen molar-refractivity contribution in [1.29, 1.82) is 0 Å². The summed E-state index contributed by atoms with van der Waals surface area (Å²) < 4.78 is 28.3. The van der Waals surface area contributed by atoms with Crippen molar-refractivity contribution >= 4 is 11.8 Å². The van der Waals surface area contributed by atoms with E-state index in [4.69, 9.17) is 0 Å². The molecule has 1 atom stereocenters. The molecule has 24 heavy (non-hydrogen) atoms. The Hall–Kier alpha value is -2.78. The van der Waals surface area contributed by atoms with Gasteiger partial charge in [0.2, 0.25) is 0 Å². The van der Waals surface area contributed by atoms with Crippen LogP contribution in [0.15, 0.2) is 18.6 Å². The molecule has 0 bridgehead atoms. The Morgan fingerprint density at radius 2 is 1.83 bits per heavy atom. The van der Waals surface area contributed by atoms with Crippen LogP contribution in [0.3, 0.4) is 0 Å². The summed E-state index contributed by atoms with van der Waals surface area (Å²) in [6.45, 7) is 1.09. The minimum absolute atomic E-state index is 0.0837. The van der Waals surface area contributed by atoms with Crippen molar-refractivity contribution in [2.24, 2.45) is 0 Å². The lowest BCUT2D eigenvalue weighted by molar-refractivity contribution is 0.0593. The lowest BCUT2D eigenvalue weighted by Crippen LogP contribution is -2.44. The molecule has 3 heterocycles. The van der Waals surface area contributed by atoms with Gasteiger partial charge in [0.05, 0.1) is 31.0 Å². The highest BCUT2D eigenvalue weighted by atomic mass is 19.1. The predicted octanol–water partition coefficient (Wildman–Crippen LogP) is 0.598. The smallest absolute Gasteiger partial charge is 0.275 e. The zero-order chi connectivity index (χ0) is 17.3. The van der Waals surface area contributed by atoms with E-state index in [1.807, 2.05) is 0 Å². The van der Waals surface area contributed by atoms with Crippen LogP contribution in [0, 0.1) is 5.82 Å². The third kappa shape index (κ3) is 3.12. The van der Waals surface area contributed by atoms with Crippen molar-refractivity contribution < 1.29 is 18.4 Å². The number of hydrogen-bond donors (Lipinski definition) is 2. The van der Waals surface area contributed by atoms with E-state index in [-0.39, 0.29) is 37.8 Å². The molecule has 1 saturated heterocycles. The third-order valence-corrected chi connectivity index (χ3v) is 3.81. The van der Waals surface area contributed by atoms with Crippen LogP contribution in [-0.2, 0) is 0 Å². The Morgan fingerprint density at radius 3 is 2.38 bits per heavy atom. The molecular formula is C14H16F2N6O2. The topological polar surface area (TPSA) is 98.0 Å². The maximum atomic E-state index is 14.8. The van der Waals surface area contributed by atoms with Crippen molar-refractivity contribution in [1.82, 2.24) is 30.2 Å². The molecule has 128 valence electrons. The minimum atomic E-state index is -1.83. The molecule has 0 saturated carbocycles. The van der Waals surface area contributed by atoms with E-state index < -0.39 is 17.4 Å². The molecule has 8 nitrogen and oxygen atoms in total. The average Bonchev–Trinajstić information content (AvgIpc) is 3.16. The Morgan fingerprint density at radius 1 is 1.17 bits per heavy atom. The fourth-order valence-corrected chi connectivity index (χ4v) is 2.72. The number of H-pyrrole nitrogens is 2. The summed E-state index contributed by atoms with van der Waals surface area (Å²) in [5.74, 6) is -1.86. The largest absolute Gasteiger partial charge is 0.334 e. The summed E-state index contributed by atoms with van der Waals surface area (Å²) in [5.41, 5.74) is -1.84.